The van der Waals surface area contributed by atoms with E-state index in [0.29, 0.717) is 29.4 Å². The molecule has 142 valence electrons. The molecule has 2 rings (SSSR count). The Morgan fingerprint density at radius 2 is 2.16 bits per heavy atom. The number of nitrogens with one attached hydrogen (secondary N) is 1. The molecule has 0 unspecified atom stereocenters. The summed E-state index contributed by atoms with van der Waals surface area (Å²) in [5.41, 5.74) is 5.92. The Labute approximate surface area is 158 Å². The van der Waals surface area contributed by atoms with Gasteiger partial charge in [-0.3, -0.25) is 4.79 Å². The molecule has 0 bridgehead atoms. The van der Waals surface area contributed by atoms with E-state index >= 15 is 0 Å². The maximum atomic E-state index is 12.3. The number of benzene rings is 1. The number of carbonyl (C=O) groups excluding carboxylic acids is 1. The highest BCUT2D eigenvalue weighted by atomic mass is 35.5. The highest BCUT2D eigenvalue weighted by Crippen LogP contribution is 2.29. The summed E-state index contributed by atoms with van der Waals surface area (Å²) in [7, 11) is -3.13. The van der Waals surface area contributed by atoms with Gasteiger partial charge in [0.2, 0.25) is 0 Å². The minimum absolute atomic E-state index is 0. The van der Waals surface area contributed by atoms with Gasteiger partial charge >= 0.3 is 0 Å². The third-order valence-electron chi connectivity index (χ3n) is 3.57. The van der Waals surface area contributed by atoms with Gasteiger partial charge < -0.3 is 20.5 Å². The van der Waals surface area contributed by atoms with Gasteiger partial charge in [-0.15, -0.1) is 12.4 Å². The molecule has 1 heterocycles. The number of sulfone groups is 1. The van der Waals surface area contributed by atoms with Crippen LogP contribution < -0.4 is 15.8 Å². The Kier molecular flexibility index (Phi) is 8.43. The standard InChI is InChI=1S/C15H21ClN2O5S.ClH/c1-24(20,21)7-6-22-13-4-2-10(16)8-12(13)18-15(19)14-5-3-11(9-17)23-14;/h2,4,8,11,14H,3,5-7,9,17H2,1H3,(H,18,19);1H/t11-,14+;/m1./s1. The van der Waals surface area contributed by atoms with Gasteiger partial charge in [0.25, 0.3) is 5.91 Å². The van der Waals surface area contributed by atoms with Gasteiger partial charge in [0.15, 0.2) is 9.84 Å². The molecule has 0 saturated carbocycles. The Morgan fingerprint density at radius 1 is 1.44 bits per heavy atom. The van der Waals surface area contributed by atoms with Gasteiger partial charge in [0.05, 0.1) is 17.5 Å². The van der Waals surface area contributed by atoms with Crippen molar-refractivity contribution in [1.82, 2.24) is 0 Å². The summed E-state index contributed by atoms with van der Waals surface area (Å²) < 4.78 is 33.4. The van der Waals surface area contributed by atoms with Crippen molar-refractivity contribution >= 4 is 45.4 Å². The van der Waals surface area contributed by atoms with Gasteiger partial charge in [0.1, 0.15) is 18.5 Å². The molecule has 0 aliphatic carbocycles. The fraction of sp³-hybridized carbons (Fsp3) is 0.533. The molecule has 7 nitrogen and oxygen atoms in total. The van der Waals surface area contributed by atoms with Crippen LogP contribution in [0, 0.1) is 0 Å². The Bertz CT molecular complexity index is 699. The smallest absolute Gasteiger partial charge is 0.253 e. The Hall–Kier alpha value is -1.06. The second-order valence-corrected chi connectivity index (χ2v) is 8.36. The van der Waals surface area contributed by atoms with Crippen LogP contribution in [0.4, 0.5) is 5.69 Å². The number of anilines is 1. The van der Waals surface area contributed by atoms with Crippen LogP contribution in [-0.4, -0.2) is 51.7 Å². The first-order chi connectivity index (χ1) is 11.3. The first-order valence-corrected chi connectivity index (χ1v) is 9.99. The maximum absolute atomic E-state index is 12.3. The van der Waals surface area contributed by atoms with Crippen molar-refractivity contribution in [2.24, 2.45) is 5.73 Å². The van der Waals surface area contributed by atoms with Crippen LogP contribution in [0.15, 0.2) is 18.2 Å². The summed E-state index contributed by atoms with van der Waals surface area (Å²) in [6.45, 7) is 0.360. The largest absolute Gasteiger partial charge is 0.490 e. The van der Waals surface area contributed by atoms with E-state index in [1.807, 2.05) is 0 Å². The quantitative estimate of drug-likeness (QED) is 0.704. The number of ether oxygens (including phenoxy) is 2. The zero-order valence-corrected chi connectivity index (χ0v) is 16.1. The zero-order chi connectivity index (χ0) is 17.7. The molecule has 1 aliphatic rings. The Morgan fingerprint density at radius 3 is 2.76 bits per heavy atom. The minimum Gasteiger partial charge on any atom is -0.490 e. The zero-order valence-electron chi connectivity index (χ0n) is 13.7. The lowest BCUT2D eigenvalue weighted by Gasteiger charge is -2.16. The number of carbonyl (C=O) groups is 1. The van der Waals surface area contributed by atoms with E-state index in [4.69, 9.17) is 26.8 Å². The lowest BCUT2D eigenvalue weighted by Crippen LogP contribution is -2.30. The van der Waals surface area contributed by atoms with Crippen LogP contribution in [0.2, 0.25) is 5.02 Å². The summed E-state index contributed by atoms with van der Waals surface area (Å²) in [6.07, 6.45) is 1.79. The average Bonchev–Trinajstić information content (AvgIpc) is 2.97. The molecule has 2 atom stereocenters. The van der Waals surface area contributed by atoms with Gasteiger partial charge in [-0.1, -0.05) is 11.6 Å². The van der Waals surface area contributed by atoms with Gasteiger partial charge in [-0.25, -0.2) is 8.42 Å². The van der Waals surface area contributed by atoms with E-state index in [1.54, 1.807) is 18.2 Å². The fourth-order valence-corrected chi connectivity index (χ4v) is 2.87. The summed E-state index contributed by atoms with van der Waals surface area (Å²) in [5.74, 6) is -0.0709. The molecule has 1 amide bonds. The van der Waals surface area contributed by atoms with E-state index in [1.165, 1.54) is 0 Å². The van der Waals surface area contributed by atoms with Crippen LogP contribution in [-0.2, 0) is 19.4 Å². The van der Waals surface area contributed by atoms with Crippen LogP contribution in [0.3, 0.4) is 0 Å². The summed E-state index contributed by atoms with van der Waals surface area (Å²) >= 11 is 5.96. The van der Waals surface area contributed by atoms with Crippen molar-refractivity contribution in [3.05, 3.63) is 23.2 Å². The number of amides is 1. The summed E-state index contributed by atoms with van der Waals surface area (Å²) in [5, 5.41) is 3.15. The van der Waals surface area contributed by atoms with Crippen LogP contribution in [0.25, 0.3) is 0 Å². The number of rotatable bonds is 7. The van der Waals surface area contributed by atoms with Crippen molar-refractivity contribution < 1.29 is 22.7 Å². The molecule has 1 aromatic carbocycles. The molecule has 1 fully saturated rings. The molecule has 0 spiro atoms. The topological polar surface area (TPSA) is 108 Å². The van der Waals surface area contributed by atoms with E-state index in [-0.39, 0.29) is 36.8 Å². The van der Waals surface area contributed by atoms with Crippen molar-refractivity contribution in [3.63, 3.8) is 0 Å². The van der Waals surface area contributed by atoms with Crippen molar-refractivity contribution in [1.29, 1.82) is 0 Å². The molecular weight excluding hydrogens is 391 g/mol. The fourth-order valence-electron chi connectivity index (χ4n) is 2.31. The van der Waals surface area contributed by atoms with E-state index in [2.05, 4.69) is 5.32 Å². The number of nitrogens with two attached hydrogens (primary N) is 1. The predicted molar refractivity (Wildman–Crippen MR) is 99.5 cm³/mol. The molecule has 1 saturated heterocycles. The summed E-state index contributed by atoms with van der Waals surface area (Å²) in [4.78, 5) is 12.3. The average molecular weight is 413 g/mol. The minimum atomic E-state index is -3.13. The molecule has 25 heavy (non-hydrogen) atoms. The van der Waals surface area contributed by atoms with Crippen LogP contribution in [0.5, 0.6) is 5.75 Å². The molecule has 0 aromatic heterocycles. The molecular formula is C15H22Cl2N2O5S. The van der Waals surface area contributed by atoms with Gasteiger partial charge in [-0.05, 0) is 31.0 Å². The van der Waals surface area contributed by atoms with Crippen LogP contribution in [0.1, 0.15) is 12.8 Å². The highest BCUT2D eigenvalue weighted by Gasteiger charge is 2.30. The second kappa shape index (κ2) is 9.59. The highest BCUT2D eigenvalue weighted by molar-refractivity contribution is 7.90. The van der Waals surface area contributed by atoms with E-state index in [0.717, 1.165) is 12.7 Å². The maximum Gasteiger partial charge on any atom is 0.253 e. The molecule has 0 radical (unpaired) electrons. The van der Waals surface area contributed by atoms with Crippen molar-refractivity contribution in [2.75, 3.05) is 30.5 Å². The van der Waals surface area contributed by atoms with Crippen molar-refractivity contribution in [2.45, 2.75) is 25.0 Å². The second-order valence-electron chi connectivity index (χ2n) is 5.67. The first-order valence-electron chi connectivity index (χ1n) is 7.55. The molecule has 1 aromatic rings. The summed E-state index contributed by atoms with van der Waals surface area (Å²) in [6, 6.07) is 4.73. The monoisotopic (exact) mass is 412 g/mol. The molecule has 1 aliphatic heterocycles. The van der Waals surface area contributed by atoms with Crippen molar-refractivity contribution in [3.8, 4) is 5.75 Å². The number of hydrogen-bond donors (Lipinski definition) is 2. The predicted octanol–water partition coefficient (Wildman–Crippen LogP) is 1.63. The first kappa shape index (κ1) is 22.0. The third-order valence-corrected chi connectivity index (χ3v) is 4.72. The lowest BCUT2D eigenvalue weighted by molar-refractivity contribution is -0.126. The SMILES string of the molecule is CS(=O)(=O)CCOc1ccc(Cl)cc1NC(=O)[C@@H]1CC[C@H](CN)O1.Cl. The lowest BCUT2D eigenvalue weighted by atomic mass is 10.2. The number of halogens is 2. The van der Waals surface area contributed by atoms with Gasteiger partial charge in [0, 0.05) is 17.8 Å². The molecule has 3 N–H and O–H groups in total. The normalized spacial score (nSPS) is 20.0. The third kappa shape index (κ3) is 6.99. The number of hydrogen-bond acceptors (Lipinski definition) is 6. The van der Waals surface area contributed by atoms with E-state index < -0.39 is 15.9 Å². The Balaban J connectivity index is 0.00000312. The van der Waals surface area contributed by atoms with Crippen LogP contribution >= 0.6 is 24.0 Å². The molecule has 10 heteroatoms. The van der Waals surface area contributed by atoms with E-state index in [9.17, 15) is 13.2 Å². The van der Waals surface area contributed by atoms with Gasteiger partial charge in [-0.2, -0.15) is 0 Å².